The lowest BCUT2D eigenvalue weighted by Gasteiger charge is -2.34. The van der Waals surface area contributed by atoms with E-state index in [1.165, 1.54) is 16.0 Å². The number of rotatable bonds is 4. The van der Waals surface area contributed by atoms with Crippen LogP contribution in [0.3, 0.4) is 0 Å². The molecule has 118 valence electrons. The number of hydrogen-bond acceptors (Lipinski definition) is 2. The smallest absolute Gasteiger partial charge is 0.307 e. The number of benzene rings is 1. The van der Waals surface area contributed by atoms with Crippen LogP contribution in [-0.4, -0.2) is 36.8 Å². The third-order valence-electron chi connectivity index (χ3n) is 4.13. The summed E-state index contributed by atoms with van der Waals surface area (Å²) in [5, 5.41) is 3.55. The Balaban J connectivity index is 1.82. The Morgan fingerprint density at radius 2 is 1.86 bits per heavy atom. The summed E-state index contributed by atoms with van der Waals surface area (Å²) in [7, 11) is 0. The molecule has 1 aromatic carbocycles. The van der Waals surface area contributed by atoms with Crippen LogP contribution in [0, 0.1) is 6.92 Å². The Bertz CT molecular complexity index is 451. The van der Waals surface area contributed by atoms with E-state index in [0.717, 1.165) is 12.8 Å². The number of halogens is 3. The molecule has 1 unspecified atom stereocenters. The van der Waals surface area contributed by atoms with E-state index in [1.54, 1.807) is 0 Å². The van der Waals surface area contributed by atoms with Crippen LogP contribution in [0.25, 0.3) is 0 Å². The van der Waals surface area contributed by atoms with Crippen molar-refractivity contribution < 1.29 is 13.2 Å². The first-order chi connectivity index (χ1) is 9.85. The van der Waals surface area contributed by atoms with Gasteiger partial charge in [-0.15, -0.1) is 0 Å². The number of nitrogens with one attached hydrogen (secondary N) is 1. The maximum absolute atomic E-state index is 12.4. The normalized spacial score (nSPS) is 19.7. The van der Waals surface area contributed by atoms with Crippen molar-refractivity contribution in [2.75, 3.05) is 19.6 Å². The molecule has 1 saturated heterocycles. The second kappa shape index (κ2) is 6.79. The van der Waals surface area contributed by atoms with Gasteiger partial charge in [-0.1, -0.05) is 24.3 Å². The van der Waals surface area contributed by atoms with Crippen LogP contribution >= 0.6 is 0 Å². The molecule has 0 aliphatic carbocycles. The van der Waals surface area contributed by atoms with Gasteiger partial charge in [0.05, 0.1) is 6.54 Å². The van der Waals surface area contributed by atoms with Gasteiger partial charge in [-0.2, -0.15) is 13.2 Å². The molecule has 1 fully saturated rings. The highest BCUT2D eigenvalue weighted by Gasteiger charge is 2.32. The fourth-order valence-corrected chi connectivity index (χ4v) is 3.03. The second-order valence-electron chi connectivity index (χ2n) is 5.91. The van der Waals surface area contributed by atoms with Gasteiger partial charge in [0.2, 0.25) is 0 Å². The van der Waals surface area contributed by atoms with Crippen LogP contribution < -0.4 is 5.32 Å². The zero-order chi connectivity index (χ0) is 15.5. The first kappa shape index (κ1) is 16.3. The number of likely N-dealkylation sites (tertiary alicyclic amines) is 1. The summed E-state index contributed by atoms with van der Waals surface area (Å²) in [6.45, 7) is 4.44. The van der Waals surface area contributed by atoms with E-state index in [2.05, 4.69) is 31.3 Å². The molecule has 1 aliphatic rings. The lowest BCUT2D eigenvalue weighted by molar-refractivity contribution is -0.148. The first-order valence-electron chi connectivity index (χ1n) is 7.46. The van der Waals surface area contributed by atoms with Crippen molar-refractivity contribution in [3.8, 4) is 0 Å². The summed E-state index contributed by atoms with van der Waals surface area (Å²) in [5.41, 5.74) is 2.50. The average molecular weight is 300 g/mol. The molecule has 0 aromatic heterocycles. The highest BCUT2D eigenvalue weighted by Crippen LogP contribution is 2.22. The standard InChI is InChI=1S/C16H23F3N2/c1-12-5-3-4-6-15(12)13(2)20-14-7-9-21(10-8-14)11-16(17,18)19/h3-6,13-14,20H,7-11H2,1-2H3. The molecule has 2 rings (SSSR count). The number of nitrogens with zero attached hydrogens (tertiary/aromatic N) is 1. The van der Waals surface area contributed by atoms with Crippen LogP contribution in [0.4, 0.5) is 13.2 Å². The zero-order valence-corrected chi connectivity index (χ0v) is 12.6. The Morgan fingerprint density at radius 1 is 1.24 bits per heavy atom. The van der Waals surface area contributed by atoms with Gasteiger partial charge in [0.1, 0.15) is 0 Å². The second-order valence-corrected chi connectivity index (χ2v) is 5.91. The molecule has 0 amide bonds. The average Bonchev–Trinajstić information content (AvgIpc) is 2.40. The van der Waals surface area contributed by atoms with Crippen molar-refractivity contribution in [2.24, 2.45) is 0 Å². The molecule has 5 heteroatoms. The summed E-state index contributed by atoms with van der Waals surface area (Å²) < 4.78 is 37.1. The highest BCUT2D eigenvalue weighted by atomic mass is 19.4. The monoisotopic (exact) mass is 300 g/mol. The third-order valence-corrected chi connectivity index (χ3v) is 4.13. The largest absolute Gasteiger partial charge is 0.401 e. The van der Waals surface area contributed by atoms with E-state index in [4.69, 9.17) is 0 Å². The summed E-state index contributed by atoms with van der Waals surface area (Å²) in [6, 6.07) is 8.74. The van der Waals surface area contributed by atoms with Crippen molar-refractivity contribution >= 4 is 0 Å². The SMILES string of the molecule is Cc1ccccc1C(C)NC1CCN(CC(F)(F)F)CC1. The molecule has 0 radical (unpaired) electrons. The van der Waals surface area contributed by atoms with Crippen molar-refractivity contribution in [3.63, 3.8) is 0 Å². The quantitative estimate of drug-likeness (QED) is 0.912. The molecule has 0 spiro atoms. The molecule has 21 heavy (non-hydrogen) atoms. The molecule has 0 saturated carbocycles. The van der Waals surface area contributed by atoms with Gasteiger partial charge < -0.3 is 5.32 Å². The van der Waals surface area contributed by atoms with Crippen LogP contribution in [0.2, 0.25) is 0 Å². The molecule has 0 bridgehead atoms. The zero-order valence-electron chi connectivity index (χ0n) is 12.6. The van der Waals surface area contributed by atoms with Crippen molar-refractivity contribution in [1.82, 2.24) is 10.2 Å². The maximum Gasteiger partial charge on any atom is 0.401 e. The minimum Gasteiger partial charge on any atom is -0.307 e. The van der Waals surface area contributed by atoms with Crippen molar-refractivity contribution in [1.29, 1.82) is 0 Å². The molecule has 1 N–H and O–H groups in total. The summed E-state index contributed by atoms with van der Waals surface area (Å²) in [4.78, 5) is 1.50. The van der Waals surface area contributed by atoms with Crippen LogP contribution in [0.1, 0.15) is 36.9 Å². The number of alkyl halides is 3. The van der Waals surface area contributed by atoms with Crippen LogP contribution in [0.15, 0.2) is 24.3 Å². The van der Waals surface area contributed by atoms with E-state index in [-0.39, 0.29) is 6.04 Å². The molecule has 1 atom stereocenters. The Labute approximate surface area is 124 Å². The van der Waals surface area contributed by atoms with E-state index >= 15 is 0 Å². The van der Waals surface area contributed by atoms with Gasteiger partial charge in [-0.3, -0.25) is 4.90 Å². The summed E-state index contributed by atoms with van der Waals surface area (Å²) in [5.74, 6) is 0. The number of hydrogen-bond donors (Lipinski definition) is 1. The van der Waals surface area contributed by atoms with Gasteiger partial charge in [-0.05, 0) is 50.9 Å². The van der Waals surface area contributed by atoms with Gasteiger partial charge in [0, 0.05) is 12.1 Å². The Kier molecular flexibility index (Phi) is 5.27. The van der Waals surface area contributed by atoms with Crippen molar-refractivity contribution in [3.05, 3.63) is 35.4 Å². The predicted molar refractivity (Wildman–Crippen MR) is 78.2 cm³/mol. The van der Waals surface area contributed by atoms with Crippen LogP contribution in [-0.2, 0) is 0 Å². The van der Waals surface area contributed by atoms with Gasteiger partial charge in [-0.25, -0.2) is 0 Å². The highest BCUT2D eigenvalue weighted by molar-refractivity contribution is 5.28. The van der Waals surface area contributed by atoms with Gasteiger partial charge in [0.25, 0.3) is 0 Å². The Morgan fingerprint density at radius 3 is 2.43 bits per heavy atom. The van der Waals surface area contributed by atoms with E-state index in [1.807, 2.05) is 12.1 Å². The van der Waals surface area contributed by atoms with Crippen molar-refractivity contribution in [2.45, 2.75) is 44.9 Å². The molecule has 1 heterocycles. The lowest BCUT2D eigenvalue weighted by atomic mass is 9.99. The molecule has 1 aliphatic heterocycles. The fourth-order valence-electron chi connectivity index (χ4n) is 3.03. The summed E-state index contributed by atoms with van der Waals surface area (Å²) >= 11 is 0. The minimum absolute atomic E-state index is 0.227. The maximum atomic E-state index is 12.4. The molecular weight excluding hydrogens is 277 g/mol. The van der Waals surface area contributed by atoms with E-state index in [0.29, 0.717) is 19.1 Å². The van der Waals surface area contributed by atoms with Gasteiger partial charge >= 0.3 is 6.18 Å². The number of piperidine rings is 1. The topological polar surface area (TPSA) is 15.3 Å². The minimum atomic E-state index is -4.09. The first-order valence-corrected chi connectivity index (χ1v) is 7.46. The predicted octanol–water partition coefficient (Wildman–Crippen LogP) is 3.67. The van der Waals surface area contributed by atoms with E-state index < -0.39 is 12.7 Å². The van der Waals surface area contributed by atoms with E-state index in [9.17, 15) is 13.2 Å². The number of aryl methyl sites for hydroxylation is 1. The Hall–Kier alpha value is -1.07. The lowest BCUT2D eigenvalue weighted by Crippen LogP contribution is -2.46. The molecule has 2 nitrogen and oxygen atoms in total. The molecule has 1 aromatic rings. The summed E-state index contributed by atoms with van der Waals surface area (Å²) in [6.07, 6.45) is -2.55. The molecular formula is C16H23F3N2. The van der Waals surface area contributed by atoms with Gasteiger partial charge in [0.15, 0.2) is 0 Å². The van der Waals surface area contributed by atoms with Crippen LogP contribution in [0.5, 0.6) is 0 Å². The fraction of sp³-hybridized carbons (Fsp3) is 0.625. The third kappa shape index (κ3) is 5.00.